The lowest BCUT2D eigenvalue weighted by molar-refractivity contribution is -0.126. The topological polar surface area (TPSA) is 67.9 Å². The van der Waals surface area contributed by atoms with E-state index in [9.17, 15) is 9.59 Å². The monoisotopic (exact) mass is 382 g/mol. The summed E-state index contributed by atoms with van der Waals surface area (Å²) in [6.07, 6.45) is 1.18. The van der Waals surface area contributed by atoms with Crippen LogP contribution in [0.15, 0.2) is 42.5 Å². The number of methoxy groups -OCH3 is 2. The van der Waals surface area contributed by atoms with E-state index in [0.29, 0.717) is 24.6 Å². The maximum atomic E-state index is 12.6. The molecule has 1 unspecified atom stereocenters. The molecule has 6 nitrogen and oxygen atoms in total. The number of aryl methyl sites for hydroxylation is 1. The molecule has 6 heteroatoms. The number of benzene rings is 2. The van der Waals surface area contributed by atoms with E-state index in [1.165, 1.54) is 5.56 Å². The summed E-state index contributed by atoms with van der Waals surface area (Å²) in [5.41, 5.74) is 2.97. The van der Waals surface area contributed by atoms with Crippen LogP contribution in [0.25, 0.3) is 0 Å². The summed E-state index contributed by atoms with van der Waals surface area (Å²) in [6.45, 7) is 2.87. The molecule has 1 atom stereocenters. The molecule has 1 fully saturated rings. The van der Waals surface area contributed by atoms with Crippen molar-refractivity contribution >= 4 is 17.5 Å². The number of anilines is 1. The van der Waals surface area contributed by atoms with Crippen molar-refractivity contribution in [3.05, 3.63) is 53.6 Å². The van der Waals surface area contributed by atoms with Gasteiger partial charge in [-0.2, -0.15) is 0 Å². The number of rotatable bonds is 7. The number of amides is 2. The van der Waals surface area contributed by atoms with Gasteiger partial charge in [-0.05, 0) is 41.8 Å². The van der Waals surface area contributed by atoms with Crippen LogP contribution in [0.5, 0.6) is 11.5 Å². The number of carbonyl (C=O) groups is 2. The Kier molecular flexibility index (Phi) is 6.19. The van der Waals surface area contributed by atoms with E-state index in [2.05, 4.69) is 12.2 Å². The molecule has 0 radical (unpaired) electrons. The highest BCUT2D eigenvalue weighted by atomic mass is 16.5. The fourth-order valence-electron chi connectivity index (χ4n) is 3.37. The van der Waals surface area contributed by atoms with Gasteiger partial charge in [0.25, 0.3) is 0 Å². The number of nitrogens with one attached hydrogen (secondary N) is 1. The molecule has 2 aromatic carbocycles. The maximum Gasteiger partial charge on any atom is 0.227 e. The smallest absolute Gasteiger partial charge is 0.227 e. The van der Waals surface area contributed by atoms with Crippen LogP contribution in [0.1, 0.15) is 24.5 Å². The fraction of sp³-hybridized carbons (Fsp3) is 0.364. The van der Waals surface area contributed by atoms with Gasteiger partial charge in [0.05, 0.1) is 20.1 Å². The minimum Gasteiger partial charge on any atom is -0.493 e. The van der Waals surface area contributed by atoms with Crippen molar-refractivity contribution in [2.75, 3.05) is 25.7 Å². The van der Waals surface area contributed by atoms with Gasteiger partial charge in [0.2, 0.25) is 11.8 Å². The Bertz CT molecular complexity index is 848. The van der Waals surface area contributed by atoms with Crippen molar-refractivity contribution in [3.8, 4) is 11.5 Å². The minimum atomic E-state index is -0.349. The van der Waals surface area contributed by atoms with Crippen molar-refractivity contribution in [3.63, 3.8) is 0 Å². The van der Waals surface area contributed by atoms with Crippen LogP contribution in [0, 0.1) is 5.92 Å². The van der Waals surface area contributed by atoms with Gasteiger partial charge in [-0.1, -0.05) is 25.1 Å². The fourth-order valence-corrected chi connectivity index (χ4v) is 3.37. The summed E-state index contributed by atoms with van der Waals surface area (Å²) in [4.78, 5) is 26.7. The summed E-state index contributed by atoms with van der Waals surface area (Å²) in [6, 6.07) is 13.5. The Morgan fingerprint density at radius 2 is 1.75 bits per heavy atom. The molecule has 1 heterocycles. The summed E-state index contributed by atoms with van der Waals surface area (Å²) in [5.74, 6) is 0.778. The minimum absolute atomic E-state index is 0.0180. The van der Waals surface area contributed by atoms with Crippen molar-refractivity contribution in [2.24, 2.45) is 5.92 Å². The molecule has 0 spiro atoms. The van der Waals surface area contributed by atoms with E-state index in [4.69, 9.17) is 9.47 Å². The van der Waals surface area contributed by atoms with E-state index < -0.39 is 0 Å². The predicted octanol–water partition coefficient (Wildman–Crippen LogP) is 2.94. The quantitative estimate of drug-likeness (QED) is 0.800. The van der Waals surface area contributed by atoms with Gasteiger partial charge in [0.15, 0.2) is 11.5 Å². The van der Waals surface area contributed by atoms with E-state index in [-0.39, 0.29) is 24.2 Å². The molecule has 1 N–H and O–H groups in total. The third-order valence-corrected chi connectivity index (χ3v) is 5.07. The molecular formula is C22H26N2O4. The Morgan fingerprint density at radius 3 is 2.39 bits per heavy atom. The van der Waals surface area contributed by atoms with Gasteiger partial charge in [0, 0.05) is 25.2 Å². The molecule has 0 bridgehead atoms. The highest BCUT2D eigenvalue weighted by Crippen LogP contribution is 2.28. The number of ether oxygens (including phenoxy) is 2. The molecule has 1 saturated heterocycles. The van der Waals surface area contributed by atoms with Crippen LogP contribution < -0.4 is 19.7 Å². The van der Waals surface area contributed by atoms with Gasteiger partial charge in [-0.25, -0.2) is 0 Å². The largest absolute Gasteiger partial charge is 0.493 e. The summed E-state index contributed by atoms with van der Waals surface area (Å²) in [5, 5.41) is 2.93. The van der Waals surface area contributed by atoms with Crippen LogP contribution in [-0.2, 0) is 22.6 Å². The third kappa shape index (κ3) is 4.27. The second-order valence-electron chi connectivity index (χ2n) is 6.83. The molecule has 1 aliphatic heterocycles. The van der Waals surface area contributed by atoms with Gasteiger partial charge in [0.1, 0.15) is 0 Å². The lowest BCUT2D eigenvalue weighted by Crippen LogP contribution is -2.32. The lowest BCUT2D eigenvalue weighted by Gasteiger charge is -2.17. The highest BCUT2D eigenvalue weighted by molar-refractivity contribution is 6.00. The van der Waals surface area contributed by atoms with Crippen LogP contribution in [0.2, 0.25) is 0 Å². The first-order chi connectivity index (χ1) is 13.5. The first-order valence-electron chi connectivity index (χ1n) is 9.43. The highest BCUT2D eigenvalue weighted by Gasteiger charge is 2.34. The van der Waals surface area contributed by atoms with Crippen molar-refractivity contribution in [1.29, 1.82) is 0 Å². The zero-order valence-corrected chi connectivity index (χ0v) is 16.5. The van der Waals surface area contributed by atoms with Crippen LogP contribution >= 0.6 is 0 Å². The van der Waals surface area contributed by atoms with Gasteiger partial charge in [-0.15, -0.1) is 0 Å². The van der Waals surface area contributed by atoms with Gasteiger partial charge < -0.3 is 19.7 Å². The molecule has 28 heavy (non-hydrogen) atoms. The molecule has 148 valence electrons. The molecule has 2 amide bonds. The first-order valence-corrected chi connectivity index (χ1v) is 9.43. The van der Waals surface area contributed by atoms with E-state index in [1.54, 1.807) is 25.2 Å². The summed E-state index contributed by atoms with van der Waals surface area (Å²) < 4.78 is 10.5. The third-order valence-electron chi connectivity index (χ3n) is 5.07. The average Bonchev–Trinajstić information content (AvgIpc) is 3.13. The predicted molar refractivity (Wildman–Crippen MR) is 108 cm³/mol. The van der Waals surface area contributed by atoms with Gasteiger partial charge in [-0.3, -0.25) is 9.59 Å². The normalized spacial score (nSPS) is 16.2. The standard InChI is InChI=1S/C22H26N2O4/c1-4-15-5-8-18(9-6-15)24-14-17(12-21(24)25)22(26)23-13-16-7-10-19(27-2)20(11-16)28-3/h5-11,17H,4,12-14H2,1-3H3,(H,23,26). The number of hydrogen-bond donors (Lipinski definition) is 1. The second-order valence-corrected chi connectivity index (χ2v) is 6.83. The van der Waals surface area contributed by atoms with Crippen LogP contribution in [0.4, 0.5) is 5.69 Å². The molecule has 3 rings (SSSR count). The van der Waals surface area contributed by atoms with Crippen LogP contribution in [-0.4, -0.2) is 32.6 Å². The lowest BCUT2D eigenvalue weighted by atomic mass is 10.1. The number of nitrogens with zero attached hydrogens (tertiary/aromatic N) is 1. The van der Waals surface area contributed by atoms with Crippen molar-refractivity contribution < 1.29 is 19.1 Å². The Labute approximate surface area is 165 Å². The average molecular weight is 382 g/mol. The van der Waals surface area contributed by atoms with Crippen molar-refractivity contribution in [2.45, 2.75) is 26.3 Å². The molecule has 2 aromatic rings. The Hall–Kier alpha value is -3.02. The van der Waals surface area contributed by atoms with Crippen LogP contribution in [0.3, 0.4) is 0 Å². The summed E-state index contributed by atoms with van der Waals surface area (Å²) >= 11 is 0. The number of carbonyl (C=O) groups excluding carboxylic acids is 2. The second kappa shape index (κ2) is 8.78. The van der Waals surface area contributed by atoms with E-state index >= 15 is 0 Å². The first kappa shape index (κ1) is 19.7. The van der Waals surface area contributed by atoms with Crippen molar-refractivity contribution in [1.82, 2.24) is 5.32 Å². The SMILES string of the molecule is CCc1ccc(N2CC(C(=O)NCc3ccc(OC)c(OC)c3)CC2=O)cc1. The van der Waals surface area contributed by atoms with Gasteiger partial charge >= 0.3 is 0 Å². The van der Waals surface area contributed by atoms with E-state index in [0.717, 1.165) is 17.7 Å². The molecule has 0 aliphatic carbocycles. The summed E-state index contributed by atoms with van der Waals surface area (Å²) in [7, 11) is 3.16. The Morgan fingerprint density at radius 1 is 1.07 bits per heavy atom. The zero-order valence-electron chi connectivity index (χ0n) is 16.5. The maximum absolute atomic E-state index is 12.6. The molecule has 0 saturated carbocycles. The molecular weight excluding hydrogens is 356 g/mol. The molecule has 1 aliphatic rings. The Balaban J connectivity index is 1.60. The molecule has 0 aromatic heterocycles. The van der Waals surface area contributed by atoms with E-state index in [1.807, 2.05) is 36.4 Å². The zero-order chi connectivity index (χ0) is 20.1. The number of hydrogen-bond acceptors (Lipinski definition) is 4.